The molecule has 2 aromatic heterocycles. The first kappa shape index (κ1) is 19.8. The molecule has 3 aromatic rings. The lowest BCUT2D eigenvalue weighted by molar-refractivity contribution is -0.114. The summed E-state index contributed by atoms with van der Waals surface area (Å²) < 4.78 is 6.23. The van der Waals surface area contributed by atoms with Gasteiger partial charge in [-0.3, -0.25) is 15.1 Å². The Morgan fingerprint density at radius 1 is 1.21 bits per heavy atom. The van der Waals surface area contributed by atoms with Gasteiger partial charge in [0.15, 0.2) is 5.13 Å². The van der Waals surface area contributed by atoms with Gasteiger partial charge in [-0.15, -0.1) is 0 Å². The topological polar surface area (TPSA) is 93.2 Å². The fourth-order valence-electron chi connectivity index (χ4n) is 2.53. The Hall–Kier alpha value is -3.00. The second-order valence-electron chi connectivity index (χ2n) is 6.49. The minimum Gasteiger partial charge on any atom is -0.446 e. The Morgan fingerprint density at radius 2 is 2.00 bits per heavy atom. The fourth-order valence-corrected chi connectivity index (χ4v) is 3.48. The van der Waals surface area contributed by atoms with Crippen molar-refractivity contribution >= 4 is 44.4 Å². The van der Waals surface area contributed by atoms with Crippen LogP contribution in [0.5, 0.6) is 0 Å². The maximum atomic E-state index is 12.0. The smallest absolute Gasteiger partial charge is 0.411 e. The van der Waals surface area contributed by atoms with Crippen LogP contribution in [0, 0.1) is 6.92 Å². The third-order valence-electron chi connectivity index (χ3n) is 4.21. The predicted octanol–water partition coefficient (Wildman–Crippen LogP) is 4.97. The molecule has 1 atom stereocenters. The van der Waals surface area contributed by atoms with Crippen LogP contribution in [0.2, 0.25) is 0 Å². The van der Waals surface area contributed by atoms with E-state index in [2.05, 4.69) is 20.6 Å². The number of carbonyl (C=O) groups is 2. The number of fused-ring (bicyclic) bond motifs is 1. The first-order chi connectivity index (χ1) is 13.4. The zero-order chi connectivity index (χ0) is 20.3. The lowest BCUT2D eigenvalue weighted by Gasteiger charge is -2.13. The number of pyridine rings is 1. The van der Waals surface area contributed by atoms with E-state index in [1.54, 1.807) is 6.20 Å². The van der Waals surface area contributed by atoms with Gasteiger partial charge < -0.3 is 10.1 Å². The number of hydrogen-bond acceptors (Lipinski definition) is 6. The van der Waals surface area contributed by atoms with Crippen molar-refractivity contribution in [2.75, 3.05) is 10.6 Å². The third-order valence-corrected chi connectivity index (χ3v) is 5.15. The summed E-state index contributed by atoms with van der Waals surface area (Å²) in [6.07, 6.45) is 1.87. The van der Waals surface area contributed by atoms with Crippen molar-refractivity contribution in [2.45, 2.75) is 40.2 Å². The molecule has 28 heavy (non-hydrogen) atoms. The van der Waals surface area contributed by atoms with Gasteiger partial charge in [-0.05, 0) is 44.0 Å². The standard InChI is InChI=1S/C20H22N4O3S/c1-5-11(2)27-20(26)24-17-8-15(10-21-12(17)3)14-6-7-16-18(9-14)28-19(23-16)22-13(4)25/h6-11H,5H2,1-4H3,(H,24,26)(H,22,23,25). The van der Waals surface area contributed by atoms with Gasteiger partial charge in [0, 0.05) is 18.7 Å². The monoisotopic (exact) mass is 398 g/mol. The lowest BCUT2D eigenvalue weighted by Crippen LogP contribution is -2.20. The molecule has 1 aromatic carbocycles. The quantitative estimate of drug-likeness (QED) is 0.633. The van der Waals surface area contributed by atoms with Crippen LogP contribution < -0.4 is 10.6 Å². The molecule has 3 rings (SSSR count). The number of carbonyl (C=O) groups excluding carboxylic acids is 2. The van der Waals surface area contributed by atoms with Crippen LogP contribution in [0.3, 0.4) is 0 Å². The summed E-state index contributed by atoms with van der Waals surface area (Å²) in [6.45, 7) is 7.09. The lowest BCUT2D eigenvalue weighted by atomic mass is 10.1. The van der Waals surface area contributed by atoms with E-state index >= 15 is 0 Å². The summed E-state index contributed by atoms with van der Waals surface area (Å²) in [4.78, 5) is 32.1. The molecule has 0 radical (unpaired) electrons. The molecule has 146 valence electrons. The highest BCUT2D eigenvalue weighted by Crippen LogP contribution is 2.31. The van der Waals surface area contributed by atoms with Crippen molar-refractivity contribution in [3.63, 3.8) is 0 Å². The van der Waals surface area contributed by atoms with E-state index in [1.165, 1.54) is 18.3 Å². The van der Waals surface area contributed by atoms with E-state index in [1.807, 2.05) is 45.0 Å². The molecule has 7 nitrogen and oxygen atoms in total. The number of benzene rings is 1. The number of nitrogens with zero attached hydrogens (tertiary/aromatic N) is 2. The number of aromatic nitrogens is 2. The number of rotatable bonds is 5. The molecule has 0 bridgehead atoms. The van der Waals surface area contributed by atoms with Crippen LogP contribution in [-0.4, -0.2) is 28.1 Å². The third kappa shape index (κ3) is 4.64. The Morgan fingerprint density at radius 3 is 2.71 bits per heavy atom. The summed E-state index contributed by atoms with van der Waals surface area (Å²) in [5, 5.41) is 6.04. The van der Waals surface area contributed by atoms with Crippen molar-refractivity contribution in [1.82, 2.24) is 9.97 Å². The average molecular weight is 398 g/mol. The van der Waals surface area contributed by atoms with Crippen molar-refractivity contribution in [3.05, 3.63) is 36.2 Å². The van der Waals surface area contributed by atoms with Crippen molar-refractivity contribution in [3.8, 4) is 11.1 Å². The molecule has 0 aliphatic rings. The summed E-state index contributed by atoms with van der Waals surface area (Å²) in [6, 6.07) is 7.70. The van der Waals surface area contributed by atoms with Gasteiger partial charge in [-0.1, -0.05) is 24.3 Å². The van der Waals surface area contributed by atoms with E-state index in [4.69, 9.17) is 4.74 Å². The van der Waals surface area contributed by atoms with Gasteiger partial charge in [0.25, 0.3) is 0 Å². The molecule has 2 heterocycles. The second-order valence-corrected chi connectivity index (χ2v) is 7.52. The van der Waals surface area contributed by atoms with Crippen molar-refractivity contribution < 1.29 is 14.3 Å². The van der Waals surface area contributed by atoms with Gasteiger partial charge in [0.1, 0.15) is 6.10 Å². The van der Waals surface area contributed by atoms with E-state index in [-0.39, 0.29) is 12.0 Å². The largest absolute Gasteiger partial charge is 0.446 e. The second kappa shape index (κ2) is 8.35. The molecule has 0 fully saturated rings. The van der Waals surface area contributed by atoms with Gasteiger partial charge in [0.05, 0.1) is 21.6 Å². The van der Waals surface area contributed by atoms with Crippen LogP contribution in [-0.2, 0) is 9.53 Å². The highest BCUT2D eigenvalue weighted by atomic mass is 32.1. The zero-order valence-electron chi connectivity index (χ0n) is 16.2. The van der Waals surface area contributed by atoms with E-state index < -0.39 is 6.09 Å². The number of anilines is 2. The van der Waals surface area contributed by atoms with E-state index in [0.717, 1.165) is 27.8 Å². The molecule has 0 spiro atoms. The van der Waals surface area contributed by atoms with Gasteiger partial charge in [-0.2, -0.15) is 0 Å². The van der Waals surface area contributed by atoms with Crippen LogP contribution in [0.25, 0.3) is 21.3 Å². The molecule has 0 aliphatic carbocycles. The molecule has 0 aliphatic heterocycles. The molecule has 0 saturated carbocycles. The maximum absolute atomic E-state index is 12.0. The number of thiazole rings is 1. The van der Waals surface area contributed by atoms with Crippen LogP contribution in [0.1, 0.15) is 32.9 Å². The molecular formula is C20H22N4O3S. The molecule has 8 heteroatoms. The van der Waals surface area contributed by atoms with Gasteiger partial charge in [0.2, 0.25) is 5.91 Å². The average Bonchev–Trinajstić information content (AvgIpc) is 3.03. The Bertz CT molecular complexity index is 1030. The number of amides is 2. The minimum atomic E-state index is -0.491. The normalized spacial score (nSPS) is 11.9. The Labute approximate surface area is 167 Å². The number of aryl methyl sites for hydroxylation is 1. The summed E-state index contributed by atoms with van der Waals surface area (Å²) >= 11 is 1.41. The maximum Gasteiger partial charge on any atom is 0.411 e. The molecular weight excluding hydrogens is 376 g/mol. The van der Waals surface area contributed by atoms with Crippen LogP contribution in [0.15, 0.2) is 30.5 Å². The predicted molar refractivity (Wildman–Crippen MR) is 112 cm³/mol. The number of hydrogen-bond donors (Lipinski definition) is 2. The highest BCUT2D eigenvalue weighted by Gasteiger charge is 2.12. The number of ether oxygens (including phenoxy) is 1. The molecule has 0 saturated heterocycles. The van der Waals surface area contributed by atoms with E-state index in [9.17, 15) is 9.59 Å². The van der Waals surface area contributed by atoms with Gasteiger partial charge in [-0.25, -0.2) is 9.78 Å². The van der Waals surface area contributed by atoms with Crippen LogP contribution in [0.4, 0.5) is 15.6 Å². The Kier molecular flexibility index (Phi) is 5.89. The van der Waals surface area contributed by atoms with Crippen molar-refractivity contribution in [2.24, 2.45) is 0 Å². The summed E-state index contributed by atoms with van der Waals surface area (Å²) in [5.41, 5.74) is 3.93. The first-order valence-corrected chi connectivity index (χ1v) is 9.80. The van der Waals surface area contributed by atoms with Crippen molar-refractivity contribution in [1.29, 1.82) is 0 Å². The SMILES string of the molecule is CCC(C)OC(=O)Nc1cc(-c2ccc3nc(NC(C)=O)sc3c2)cnc1C. The molecule has 1 unspecified atom stereocenters. The van der Waals surface area contributed by atoms with E-state index in [0.29, 0.717) is 16.5 Å². The molecule has 2 amide bonds. The summed E-state index contributed by atoms with van der Waals surface area (Å²) in [7, 11) is 0. The van der Waals surface area contributed by atoms with Crippen LogP contribution >= 0.6 is 11.3 Å². The fraction of sp³-hybridized carbons (Fsp3) is 0.300. The highest BCUT2D eigenvalue weighted by molar-refractivity contribution is 7.22. The molecule has 2 N–H and O–H groups in total. The van der Waals surface area contributed by atoms with Gasteiger partial charge >= 0.3 is 6.09 Å². The minimum absolute atomic E-state index is 0.150. The first-order valence-electron chi connectivity index (χ1n) is 8.98. The number of nitrogens with one attached hydrogen (secondary N) is 2. The zero-order valence-corrected chi connectivity index (χ0v) is 17.0. The summed E-state index contributed by atoms with van der Waals surface area (Å²) in [5.74, 6) is -0.151. The Balaban J connectivity index is 1.86.